The molecule has 216 valence electrons. The molecule has 0 saturated carbocycles. The summed E-state index contributed by atoms with van der Waals surface area (Å²) < 4.78 is 25.9. The summed E-state index contributed by atoms with van der Waals surface area (Å²) in [6, 6.07) is 25.9. The fourth-order valence-electron chi connectivity index (χ4n) is 4.66. The van der Waals surface area contributed by atoms with Crippen LogP contribution in [-0.2, 0) is 27.5 Å². The minimum absolute atomic E-state index is 0.186. The van der Waals surface area contributed by atoms with Crippen LogP contribution in [-0.4, -0.2) is 75.5 Å². The molecule has 4 rings (SSSR count). The van der Waals surface area contributed by atoms with Crippen molar-refractivity contribution in [3.8, 4) is 0 Å². The van der Waals surface area contributed by atoms with Gasteiger partial charge in [-0.1, -0.05) is 84.9 Å². The number of likely N-dealkylation sites (N-methyl/N-ethyl adjacent to an activating group) is 1. The Morgan fingerprint density at radius 3 is 1.98 bits per heavy atom. The zero-order chi connectivity index (χ0) is 29.1. The van der Waals surface area contributed by atoms with Crippen molar-refractivity contribution in [3.63, 3.8) is 0 Å². The number of carbonyl (C=O) groups is 2. The Kier molecular flexibility index (Phi) is 10.7. The van der Waals surface area contributed by atoms with Crippen molar-refractivity contribution in [1.29, 1.82) is 0 Å². The Labute approximate surface area is 243 Å². The van der Waals surface area contributed by atoms with Crippen LogP contribution in [0.3, 0.4) is 0 Å². The number of rotatable bonds is 11. The molecule has 0 unspecified atom stereocenters. The van der Waals surface area contributed by atoms with Gasteiger partial charge in [-0.05, 0) is 43.1 Å². The van der Waals surface area contributed by atoms with E-state index < -0.39 is 21.9 Å². The van der Waals surface area contributed by atoms with Crippen LogP contribution >= 0.6 is 0 Å². The van der Waals surface area contributed by atoms with Crippen molar-refractivity contribution in [3.05, 3.63) is 114 Å². The van der Waals surface area contributed by atoms with Crippen molar-refractivity contribution in [1.82, 2.24) is 20.4 Å². The van der Waals surface area contributed by atoms with Crippen molar-refractivity contribution in [2.24, 2.45) is 0 Å². The molecule has 1 aliphatic rings. The molecule has 2 N–H and O–H groups in total. The lowest BCUT2D eigenvalue weighted by Crippen LogP contribution is -2.56. The Balaban J connectivity index is 1.52. The first-order valence-electron chi connectivity index (χ1n) is 13.9. The molecule has 0 bridgehead atoms. The molecular weight excluding hydrogens is 536 g/mol. The molecule has 1 saturated heterocycles. The highest BCUT2D eigenvalue weighted by Gasteiger charge is 2.27. The third-order valence-electron chi connectivity index (χ3n) is 7.16. The van der Waals surface area contributed by atoms with E-state index in [4.69, 9.17) is 0 Å². The maximum atomic E-state index is 13.7. The second-order valence-corrected chi connectivity index (χ2v) is 12.1. The quantitative estimate of drug-likeness (QED) is 0.364. The van der Waals surface area contributed by atoms with Crippen molar-refractivity contribution < 1.29 is 18.0 Å². The van der Waals surface area contributed by atoms with Crippen LogP contribution in [0, 0.1) is 0 Å². The minimum Gasteiger partial charge on any atom is -0.348 e. The predicted molar refractivity (Wildman–Crippen MR) is 161 cm³/mol. The summed E-state index contributed by atoms with van der Waals surface area (Å²) in [5.41, 5.74) is 1.99. The zero-order valence-electron chi connectivity index (χ0n) is 23.4. The molecule has 9 heteroatoms. The summed E-state index contributed by atoms with van der Waals surface area (Å²) in [6.45, 7) is 2.71. The van der Waals surface area contributed by atoms with Gasteiger partial charge in [-0.25, -0.2) is 13.2 Å². The Hall–Kier alpha value is -3.95. The summed E-state index contributed by atoms with van der Waals surface area (Å²) in [5.74, 6) is -0.365. The number of amides is 3. The van der Waals surface area contributed by atoms with E-state index in [0.29, 0.717) is 32.4 Å². The average Bonchev–Trinajstić information content (AvgIpc) is 3.00. The lowest BCUT2D eigenvalue weighted by molar-refractivity contribution is -0.123. The first-order chi connectivity index (χ1) is 19.8. The smallest absolute Gasteiger partial charge is 0.318 e. The third-order valence-corrected chi connectivity index (χ3v) is 8.61. The Morgan fingerprint density at radius 1 is 0.805 bits per heavy atom. The van der Waals surface area contributed by atoms with Gasteiger partial charge < -0.3 is 20.4 Å². The summed E-state index contributed by atoms with van der Waals surface area (Å²) >= 11 is 0. The highest BCUT2D eigenvalue weighted by Crippen LogP contribution is 2.14. The number of carbonyl (C=O) groups excluding carboxylic acids is 2. The number of aryl methyl sites for hydroxylation is 1. The van der Waals surface area contributed by atoms with E-state index in [2.05, 4.69) is 15.5 Å². The lowest BCUT2D eigenvalue weighted by Gasteiger charge is -2.33. The van der Waals surface area contributed by atoms with Crippen LogP contribution < -0.4 is 10.6 Å². The van der Waals surface area contributed by atoms with Gasteiger partial charge in [-0.15, -0.1) is 0 Å². The Morgan fingerprint density at radius 2 is 1.37 bits per heavy atom. The summed E-state index contributed by atoms with van der Waals surface area (Å²) in [6.07, 6.45) is 2.97. The summed E-state index contributed by atoms with van der Waals surface area (Å²) in [7, 11) is -1.68. The van der Waals surface area contributed by atoms with Crippen molar-refractivity contribution in [2.75, 3.05) is 33.2 Å². The number of hydrogen-bond acceptors (Lipinski definition) is 5. The molecule has 41 heavy (non-hydrogen) atoms. The molecular formula is C32H38N4O4S. The van der Waals surface area contributed by atoms with E-state index in [1.807, 2.05) is 67.7 Å². The van der Waals surface area contributed by atoms with Gasteiger partial charge in [-0.2, -0.15) is 0 Å². The molecule has 0 radical (unpaired) electrons. The van der Waals surface area contributed by atoms with Crippen LogP contribution in [0.2, 0.25) is 0 Å². The van der Waals surface area contributed by atoms with Gasteiger partial charge in [0, 0.05) is 44.0 Å². The van der Waals surface area contributed by atoms with Gasteiger partial charge in [0.25, 0.3) is 0 Å². The van der Waals surface area contributed by atoms with Crippen molar-refractivity contribution >= 4 is 21.8 Å². The monoisotopic (exact) mass is 574 g/mol. The first-order valence-corrected chi connectivity index (χ1v) is 15.5. The van der Waals surface area contributed by atoms with Crippen LogP contribution in [0.5, 0.6) is 0 Å². The van der Waals surface area contributed by atoms with Crippen LogP contribution in [0.15, 0.2) is 107 Å². The molecule has 3 aromatic carbocycles. The van der Waals surface area contributed by atoms with Gasteiger partial charge in [0.05, 0.1) is 4.90 Å². The van der Waals surface area contributed by atoms with E-state index >= 15 is 0 Å². The maximum absolute atomic E-state index is 13.7. The molecule has 8 nitrogen and oxygen atoms in total. The SMILES string of the molecule is CN1CCN(C(=O)N[C@@H](Cc2ccccc2)C(=O)N[C@H](/C=C/S(=O)(=O)c2ccccc2)CCc2ccccc2)CC1. The average molecular weight is 575 g/mol. The fourth-order valence-corrected chi connectivity index (χ4v) is 5.75. The third kappa shape index (κ3) is 9.30. The molecule has 1 heterocycles. The highest BCUT2D eigenvalue weighted by atomic mass is 32.2. The predicted octanol–water partition coefficient (Wildman–Crippen LogP) is 3.66. The van der Waals surface area contributed by atoms with E-state index in [9.17, 15) is 18.0 Å². The summed E-state index contributed by atoms with van der Waals surface area (Å²) in [5, 5.41) is 7.12. The first kappa shape index (κ1) is 30.0. The summed E-state index contributed by atoms with van der Waals surface area (Å²) in [4.78, 5) is 30.9. The van der Waals surface area contributed by atoms with Crippen LogP contribution in [0.1, 0.15) is 17.5 Å². The molecule has 2 atom stereocenters. The second kappa shape index (κ2) is 14.6. The highest BCUT2D eigenvalue weighted by molar-refractivity contribution is 7.94. The number of benzene rings is 3. The molecule has 0 spiro atoms. The number of hydrogen-bond donors (Lipinski definition) is 2. The molecule has 1 aliphatic heterocycles. The number of nitrogens with zero attached hydrogens (tertiary/aromatic N) is 2. The van der Waals surface area contributed by atoms with Gasteiger partial charge >= 0.3 is 6.03 Å². The van der Waals surface area contributed by atoms with E-state index in [-0.39, 0.29) is 16.8 Å². The number of urea groups is 1. The van der Waals surface area contributed by atoms with E-state index in [1.165, 1.54) is 6.08 Å². The number of sulfone groups is 1. The normalized spacial score (nSPS) is 15.8. The number of nitrogens with one attached hydrogen (secondary N) is 2. The standard InChI is InChI=1S/C32H38N4O4S/c1-35-20-22-36(23-21-35)32(38)34-30(25-27-13-7-3-8-14-27)31(37)33-28(18-17-26-11-5-2-6-12-26)19-24-41(39,40)29-15-9-4-10-16-29/h2-16,19,24,28,30H,17-18,20-23,25H2,1H3,(H,33,37)(H,34,38)/b24-19+/t28-,30-/m0/s1. The second-order valence-electron chi connectivity index (χ2n) is 10.3. The topological polar surface area (TPSA) is 98.8 Å². The van der Waals surface area contributed by atoms with E-state index in [0.717, 1.165) is 29.6 Å². The number of piperazine rings is 1. The maximum Gasteiger partial charge on any atom is 0.318 e. The van der Waals surface area contributed by atoms with E-state index in [1.54, 1.807) is 35.2 Å². The zero-order valence-corrected chi connectivity index (χ0v) is 24.2. The molecule has 0 aliphatic carbocycles. The van der Waals surface area contributed by atoms with Gasteiger partial charge in [0.1, 0.15) is 6.04 Å². The molecule has 3 aromatic rings. The molecule has 1 fully saturated rings. The van der Waals surface area contributed by atoms with Gasteiger partial charge in [0.2, 0.25) is 5.91 Å². The van der Waals surface area contributed by atoms with Crippen LogP contribution in [0.4, 0.5) is 4.79 Å². The minimum atomic E-state index is -3.69. The molecule has 3 amide bonds. The van der Waals surface area contributed by atoms with Crippen LogP contribution in [0.25, 0.3) is 0 Å². The largest absolute Gasteiger partial charge is 0.348 e. The Bertz CT molecular complexity index is 1390. The fraction of sp³-hybridized carbons (Fsp3) is 0.312. The molecule has 0 aromatic heterocycles. The van der Waals surface area contributed by atoms with Crippen molar-refractivity contribution in [2.45, 2.75) is 36.2 Å². The van der Waals surface area contributed by atoms with Gasteiger partial charge in [0.15, 0.2) is 9.84 Å². The van der Waals surface area contributed by atoms with Gasteiger partial charge in [-0.3, -0.25) is 4.79 Å². The lowest BCUT2D eigenvalue weighted by atomic mass is 10.0.